The molecule has 2 heterocycles. The number of thiazole rings is 1. The van der Waals surface area contributed by atoms with E-state index in [2.05, 4.69) is 20.8 Å². The van der Waals surface area contributed by atoms with Gasteiger partial charge in [0.1, 0.15) is 16.4 Å². The fourth-order valence-electron chi connectivity index (χ4n) is 3.50. The third-order valence-electron chi connectivity index (χ3n) is 5.13. The van der Waals surface area contributed by atoms with E-state index in [0.29, 0.717) is 36.4 Å². The standard InChI is InChI=1S/C21H22BrN3O4S2/c1-28-18-6-4-3-5-16(18)17-14-30-21(23-17)24-9-11-25(12-10-24)31(26,27)20-13-15(22)7-8-19(20)29-2/h3-8,13-14H,9-12H2,1-2H3. The van der Waals surface area contributed by atoms with Crippen molar-refractivity contribution in [1.82, 2.24) is 9.29 Å². The van der Waals surface area contributed by atoms with Crippen LogP contribution in [0.15, 0.2) is 57.2 Å². The summed E-state index contributed by atoms with van der Waals surface area (Å²) >= 11 is 4.90. The molecule has 0 N–H and O–H groups in total. The molecule has 164 valence electrons. The minimum atomic E-state index is -3.66. The van der Waals surface area contributed by atoms with Gasteiger partial charge in [0.05, 0.1) is 19.9 Å². The van der Waals surface area contributed by atoms with Gasteiger partial charge in [0.2, 0.25) is 10.0 Å². The molecule has 7 nitrogen and oxygen atoms in total. The van der Waals surface area contributed by atoms with Crippen LogP contribution in [0.2, 0.25) is 0 Å². The summed E-state index contributed by atoms with van der Waals surface area (Å²) in [5.74, 6) is 1.12. The Bertz CT molecular complexity index is 1170. The maximum absolute atomic E-state index is 13.2. The second-order valence-corrected chi connectivity index (χ2v) is 10.6. The number of anilines is 1. The molecule has 1 aromatic heterocycles. The molecule has 10 heteroatoms. The number of benzene rings is 2. The fourth-order valence-corrected chi connectivity index (χ4v) is 6.50. The van der Waals surface area contributed by atoms with Crippen LogP contribution in [0.4, 0.5) is 5.13 Å². The summed E-state index contributed by atoms with van der Waals surface area (Å²) in [4.78, 5) is 7.06. The molecule has 0 aliphatic carbocycles. The van der Waals surface area contributed by atoms with Crippen LogP contribution >= 0.6 is 27.3 Å². The smallest absolute Gasteiger partial charge is 0.246 e. The number of ether oxygens (including phenoxy) is 2. The van der Waals surface area contributed by atoms with Crippen molar-refractivity contribution in [2.45, 2.75) is 4.90 Å². The third kappa shape index (κ3) is 4.43. The Balaban J connectivity index is 1.50. The van der Waals surface area contributed by atoms with E-state index < -0.39 is 10.0 Å². The number of nitrogens with zero attached hydrogens (tertiary/aromatic N) is 3. The SMILES string of the molecule is COc1ccccc1-c1csc(N2CCN(S(=O)(=O)c3cc(Br)ccc3OC)CC2)n1. The molecule has 0 radical (unpaired) electrons. The quantitative estimate of drug-likeness (QED) is 0.484. The number of methoxy groups -OCH3 is 2. The number of sulfonamides is 1. The molecule has 0 saturated carbocycles. The molecule has 0 atom stereocenters. The van der Waals surface area contributed by atoms with Gasteiger partial charge in [-0.15, -0.1) is 11.3 Å². The van der Waals surface area contributed by atoms with Crippen molar-refractivity contribution >= 4 is 42.4 Å². The van der Waals surface area contributed by atoms with Crippen LogP contribution in [0, 0.1) is 0 Å². The van der Waals surface area contributed by atoms with Crippen LogP contribution in [-0.4, -0.2) is 58.1 Å². The number of halogens is 1. The van der Waals surface area contributed by atoms with Gasteiger partial charge in [-0.1, -0.05) is 28.1 Å². The van der Waals surface area contributed by atoms with Gasteiger partial charge >= 0.3 is 0 Å². The predicted molar refractivity (Wildman–Crippen MR) is 126 cm³/mol. The van der Waals surface area contributed by atoms with E-state index in [-0.39, 0.29) is 4.90 Å². The first-order valence-corrected chi connectivity index (χ1v) is 12.7. The molecule has 0 spiro atoms. The third-order valence-corrected chi connectivity index (χ3v) is 8.44. The summed E-state index contributed by atoms with van der Waals surface area (Å²) in [5.41, 5.74) is 1.79. The number of hydrogen-bond acceptors (Lipinski definition) is 7. The highest BCUT2D eigenvalue weighted by Gasteiger charge is 2.31. The van der Waals surface area contributed by atoms with Crippen LogP contribution in [0.3, 0.4) is 0 Å². The highest BCUT2D eigenvalue weighted by atomic mass is 79.9. The van der Waals surface area contributed by atoms with E-state index in [0.717, 1.165) is 22.1 Å². The lowest BCUT2D eigenvalue weighted by atomic mass is 10.1. The van der Waals surface area contributed by atoms with Gasteiger partial charge in [-0.2, -0.15) is 4.31 Å². The Kier molecular flexibility index (Phi) is 6.52. The summed E-state index contributed by atoms with van der Waals surface area (Å²) in [7, 11) is -0.542. The monoisotopic (exact) mass is 523 g/mol. The maximum atomic E-state index is 13.2. The molecule has 3 aromatic rings. The average Bonchev–Trinajstić information content (AvgIpc) is 3.29. The summed E-state index contributed by atoms with van der Waals surface area (Å²) in [6, 6.07) is 12.8. The number of aromatic nitrogens is 1. The second kappa shape index (κ2) is 9.15. The first kappa shape index (κ1) is 22.1. The van der Waals surface area contributed by atoms with Crippen LogP contribution in [0.25, 0.3) is 11.3 Å². The van der Waals surface area contributed by atoms with Crippen molar-refractivity contribution in [2.24, 2.45) is 0 Å². The first-order chi connectivity index (χ1) is 14.9. The fraction of sp³-hybridized carbons (Fsp3) is 0.286. The van der Waals surface area contributed by atoms with Crippen molar-refractivity contribution < 1.29 is 17.9 Å². The van der Waals surface area contributed by atoms with Crippen LogP contribution < -0.4 is 14.4 Å². The molecule has 0 amide bonds. The van der Waals surface area contributed by atoms with Crippen LogP contribution in [0.5, 0.6) is 11.5 Å². The predicted octanol–water partition coefficient (Wildman–Crippen LogP) is 4.10. The van der Waals surface area contributed by atoms with Crippen LogP contribution in [0.1, 0.15) is 0 Å². The Morgan fingerprint density at radius 3 is 2.42 bits per heavy atom. The van der Waals surface area contributed by atoms with E-state index >= 15 is 0 Å². The van der Waals surface area contributed by atoms with E-state index in [1.165, 1.54) is 11.4 Å². The highest BCUT2D eigenvalue weighted by Crippen LogP contribution is 2.34. The maximum Gasteiger partial charge on any atom is 0.246 e. The molecule has 0 unspecified atom stereocenters. The van der Waals surface area contributed by atoms with Gasteiger partial charge in [0, 0.05) is 41.6 Å². The zero-order valence-corrected chi connectivity index (χ0v) is 20.3. The number of para-hydroxylation sites is 1. The van der Waals surface area contributed by atoms with Crippen molar-refractivity contribution in [3.8, 4) is 22.8 Å². The Morgan fingerprint density at radius 1 is 1.00 bits per heavy atom. The molecular weight excluding hydrogens is 502 g/mol. The lowest BCUT2D eigenvalue weighted by Crippen LogP contribution is -2.48. The molecule has 0 bridgehead atoms. The van der Waals surface area contributed by atoms with Crippen molar-refractivity contribution in [1.29, 1.82) is 0 Å². The number of hydrogen-bond donors (Lipinski definition) is 0. The molecule has 1 aliphatic heterocycles. The molecule has 2 aromatic carbocycles. The van der Waals surface area contributed by atoms with E-state index in [4.69, 9.17) is 14.5 Å². The van der Waals surface area contributed by atoms with E-state index in [1.54, 1.807) is 36.6 Å². The Morgan fingerprint density at radius 2 is 1.71 bits per heavy atom. The van der Waals surface area contributed by atoms with Gasteiger partial charge in [-0.3, -0.25) is 0 Å². The van der Waals surface area contributed by atoms with Crippen molar-refractivity contribution in [3.05, 3.63) is 52.3 Å². The highest BCUT2D eigenvalue weighted by molar-refractivity contribution is 9.10. The van der Waals surface area contributed by atoms with Gasteiger partial charge in [-0.05, 0) is 30.3 Å². The number of rotatable bonds is 6. The summed E-state index contributed by atoms with van der Waals surface area (Å²) < 4.78 is 39.3. The normalized spacial score (nSPS) is 15.1. The van der Waals surface area contributed by atoms with Gasteiger partial charge in [-0.25, -0.2) is 13.4 Å². The van der Waals surface area contributed by atoms with Gasteiger partial charge in [0.25, 0.3) is 0 Å². The summed E-state index contributed by atoms with van der Waals surface area (Å²) in [6.07, 6.45) is 0. The minimum Gasteiger partial charge on any atom is -0.496 e. The van der Waals surface area contributed by atoms with E-state index in [9.17, 15) is 8.42 Å². The molecular formula is C21H22BrN3O4S2. The first-order valence-electron chi connectivity index (χ1n) is 9.61. The molecule has 1 aliphatic rings. The molecule has 4 rings (SSSR count). The zero-order chi connectivity index (χ0) is 22.0. The van der Waals surface area contributed by atoms with E-state index in [1.807, 2.05) is 29.6 Å². The van der Waals surface area contributed by atoms with Crippen LogP contribution in [-0.2, 0) is 10.0 Å². The summed E-state index contributed by atoms with van der Waals surface area (Å²) in [5, 5.41) is 2.88. The minimum absolute atomic E-state index is 0.172. The Hall–Kier alpha value is -2.14. The largest absolute Gasteiger partial charge is 0.496 e. The van der Waals surface area contributed by atoms with Crippen molar-refractivity contribution in [2.75, 3.05) is 45.3 Å². The average molecular weight is 524 g/mol. The van der Waals surface area contributed by atoms with Gasteiger partial charge in [0.15, 0.2) is 5.13 Å². The lowest BCUT2D eigenvalue weighted by Gasteiger charge is -2.34. The van der Waals surface area contributed by atoms with Crippen molar-refractivity contribution in [3.63, 3.8) is 0 Å². The number of piperazine rings is 1. The molecule has 1 fully saturated rings. The summed E-state index contributed by atoms with van der Waals surface area (Å²) in [6.45, 7) is 1.88. The topological polar surface area (TPSA) is 72.0 Å². The molecule has 31 heavy (non-hydrogen) atoms. The lowest BCUT2D eigenvalue weighted by molar-refractivity contribution is 0.374. The second-order valence-electron chi connectivity index (χ2n) is 6.90. The molecule has 1 saturated heterocycles. The zero-order valence-electron chi connectivity index (χ0n) is 17.1. The van der Waals surface area contributed by atoms with Gasteiger partial charge < -0.3 is 14.4 Å². The Labute approximate surface area is 194 Å².